The van der Waals surface area contributed by atoms with Crippen LogP contribution in [0.1, 0.15) is 22.2 Å². The zero-order valence-electron chi connectivity index (χ0n) is 18.5. The predicted octanol–water partition coefficient (Wildman–Crippen LogP) is 4.30. The number of thiophene rings is 1. The maximum Gasteiger partial charge on any atom is 0.246 e. The van der Waals surface area contributed by atoms with Gasteiger partial charge in [0.05, 0.1) is 4.90 Å². The zero-order chi connectivity index (χ0) is 24.3. The van der Waals surface area contributed by atoms with Crippen molar-refractivity contribution in [2.24, 2.45) is 0 Å². The summed E-state index contributed by atoms with van der Waals surface area (Å²) < 4.78 is 40.3. The van der Waals surface area contributed by atoms with Crippen LogP contribution in [0.3, 0.4) is 0 Å². The zero-order valence-corrected chi connectivity index (χ0v) is 20.1. The van der Waals surface area contributed by atoms with E-state index in [4.69, 9.17) is 0 Å². The summed E-state index contributed by atoms with van der Waals surface area (Å²) in [6.45, 7) is 2.41. The first-order chi connectivity index (χ1) is 16.2. The normalized spacial score (nSPS) is 15.1. The van der Waals surface area contributed by atoms with Gasteiger partial charge >= 0.3 is 0 Å². The minimum Gasteiger partial charge on any atom is -0.337 e. The summed E-state index contributed by atoms with van der Waals surface area (Å²) >= 11 is 1.50. The molecule has 6 nitrogen and oxygen atoms in total. The lowest BCUT2D eigenvalue weighted by molar-refractivity contribution is -0.127. The fourth-order valence-corrected chi connectivity index (χ4v) is 5.97. The highest BCUT2D eigenvalue weighted by Crippen LogP contribution is 2.29. The molecule has 0 aliphatic carbocycles. The lowest BCUT2D eigenvalue weighted by Crippen LogP contribution is -2.50. The Morgan fingerprint density at radius 2 is 1.56 bits per heavy atom. The Hall–Kier alpha value is -3.14. The molecule has 1 fully saturated rings. The summed E-state index contributed by atoms with van der Waals surface area (Å²) in [5, 5.41) is 0. The van der Waals surface area contributed by atoms with E-state index in [1.165, 1.54) is 65.0 Å². The van der Waals surface area contributed by atoms with E-state index in [2.05, 4.69) is 0 Å². The Bertz CT molecular complexity index is 1320. The number of piperazine rings is 1. The molecule has 1 saturated heterocycles. The number of sulfonamides is 1. The van der Waals surface area contributed by atoms with Gasteiger partial charge in [-0.3, -0.25) is 9.59 Å². The van der Waals surface area contributed by atoms with Crippen LogP contribution < -0.4 is 0 Å². The number of rotatable bonds is 6. The van der Waals surface area contributed by atoms with Crippen LogP contribution in [0.15, 0.2) is 71.6 Å². The van der Waals surface area contributed by atoms with Gasteiger partial charge in [0.25, 0.3) is 0 Å². The summed E-state index contributed by atoms with van der Waals surface area (Å²) in [5.41, 5.74) is 1.36. The third kappa shape index (κ3) is 5.32. The topological polar surface area (TPSA) is 74.8 Å². The Kier molecular flexibility index (Phi) is 7.06. The molecule has 0 N–H and O–H groups in total. The largest absolute Gasteiger partial charge is 0.337 e. The SMILES string of the molecule is CC(=O)c1ccc(S(=O)(=O)N2CCN(C(=O)/C=C/c3ccc(-c4ccc(F)cc4)s3)CC2)cc1. The summed E-state index contributed by atoms with van der Waals surface area (Å²) in [6.07, 6.45) is 3.23. The van der Waals surface area contributed by atoms with E-state index in [9.17, 15) is 22.4 Å². The van der Waals surface area contributed by atoms with Gasteiger partial charge in [0.1, 0.15) is 5.82 Å². The van der Waals surface area contributed by atoms with E-state index in [1.807, 2.05) is 12.1 Å². The fourth-order valence-electron chi connectivity index (χ4n) is 3.63. The van der Waals surface area contributed by atoms with E-state index >= 15 is 0 Å². The Balaban J connectivity index is 1.35. The number of carbonyl (C=O) groups is 2. The molecule has 3 aromatic rings. The molecule has 0 atom stereocenters. The molecule has 4 rings (SSSR count). The number of nitrogens with zero attached hydrogens (tertiary/aromatic N) is 2. The Morgan fingerprint density at radius 3 is 2.18 bits per heavy atom. The first-order valence-electron chi connectivity index (χ1n) is 10.7. The molecule has 9 heteroatoms. The van der Waals surface area contributed by atoms with Crippen molar-refractivity contribution in [2.45, 2.75) is 11.8 Å². The molecule has 176 valence electrons. The minimum absolute atomic E-state index is 0.127. The smallest absolute Gasteiger partial charge is 0.246 e. The van der Waals surface area contributed by atoms with Crippen molar-refractivity contribution in [2.75, 3.05) is 26.2 Å². The van der Waals surface area contributed by atoms with E-state index in [0.29, 0.717) is 18.7 Å². The van der Waals surface area contributed by atoms with Gasteiger partial charge in [0, 0.05) is 47.6 Å². The Morgan fingerprint density at radius 1 is 0.912 bits per heavy atom. The molecular weight excluding hydrogens is 475 g/mol. The van der Waals surface area contributed by atoms with Crippen molar-refractivity contribution in [1.29, 1.82) is 0 Å². The van der Waals surface area contributed by atoms with Crippen molar-refractivity contribution < 1.29 is 22.4 Å². The second kappa shape index (κ2) is 10.0. The first kappa shape index (κ1) is 24.0. The molecule has 0 unspecified atom stereocenters. The second-order valence-electron chi connectivity index (χ2n) is 7.85. The molecule has 34 heavy (non-hydrogen) atoms. The number of halogens is 1. The molecule has 1 aromatic heterocycles. The molecular formula is C25H23FN2O4S2. The van der Waals surface area contributed by atoms with Gasteiger partial charge in [-0.05, 0) is 55.0 Å². The first-order valence-corrected chi connectivity index (χ1v) is 12.9. The van der Waals surface area contributed by atoms with Gasteiger partial charge < -0.3 is 4.90 Å². The van der Waals surface area contributed by atoms with Crippen molar-refractivity contribution in [3.63, 3.8) is 0 Å². The lowest BCUT2D eigenvalue weighted by Gasteiger charge is -2.33. The number of hydrogen-bond donors (Lipinski definition) is 0. The lowest BCUT2D eigenvalue weighted by atomic mass is 10.2. The van der Waals surface area contributed by atoms with E-state index in [1.54, 1.807) is 23.1 Å². The van der Waals surface area contributed by atoms with Gasteiger partial charge in [-0.1, -0.05) is 24.3 Å². The maximum absolute atomic E-state index is 13.1. The third-order valence-corrected chi connectivity index (χ3v) is 8.61. The van der Waals surface area contributed by atoms with Gasteiger partial charge in [-0.2, -0.15) is 4.31 Å². The van der Waals surface area contributed by atoms with Gasteiger partial charge in [-0.25, -0.2) is 12.8 Å². The number of carbonyl (C=O) groups excluding carboxylic acids is 2. The molecule has 2 aromatic carbocycles. The summed E-state index contributed by atoms with van der Waals surface area (Å²) in [6, 6.07) is 16.0. The third-order valence-electron chi connectivity index (χ3n) is 5.59. The average Bonchev–Trinajstić information content (AvgIpc) is 3.32. The highest BCUT2D eigenvalue weighted by atomic mass is 32.2. The summed E-state index contributed by atoms with van der Waals surface area (Å²) in [5.74, 6) is -0.595. The quantitative estimate of drug-likeness (QED) is 0.375. The van der Waals surface area contributed by atoms with E-state index < -0.39 is 10.0 Å². The minimum atomic E-state index is -3.69. The molecule has 0 saturated carbocycles. The molecule has 1 aliphatic heterocycles. The Labute approximate surface area is 202 Å². The van der Waals surface area contributed by atoms with E-state index in [-0.39, 0.29) is 35.5 Å². The van der Waals surface area contributed by atoms with Gasteiger partial charge in [0.15, 0.2) is 5.78 Å². The highest BCUT2D eigenvalue weighted by Gasteiger charge is 2.29. The van der Waals surface area contributed by atoms with Crippen molar-refractivity contribution in [1.82, 2.24) is 9.21 Å². The fraction of sp³-hybridized carbons (Fsp3) is 0.200. The summed E-state index contributed by atoms with van der Waals surface area (Å²) in [7, 11) is -3.69. The number of hydrogen-bond acceptors (Lipinski definition) is 5. The molecule has 0 spiro atoms. The number of Topliss-reactive ketones (excluding diaryl/α,β-unsaturated/α-hetero) is 1. The van der Waals surface area contributed by atoms with Crippen molar-refractivity contribution in [3.8, 4) is 10.4 Å². The van der Waals surface area contributed by atoms with Crippen molar-refractivity contribution >= 4 is 39.1 Å². The van der Waals surface area contributed by atoms with Crippen LogP contribution in [0.2, 0.25) is 0 Å². The van der Waals surface area contributed by atoms with Gasteiger partial charge in [0.2, 0.25) is 15.9 Å². The molecule has 0 radical (unpaired) electrons. The van der Waals surface area contributed by atoms with Crippen LogP contribution >= 0.6 is 11.3 Å². The van der Waals surface area contributed by atoms with Crippen LogP contribution in [0, 0.1) is 5.82 Å². The number of benzene rings is 2. The van der Waals surface area contributed by atoms with Crippen molar-refractivity contribution in [3.05, 3.63) is 83.0 Å². The molecule has 1 amide bonds. The summed E-state index contributed by atoms with van der Waals surface area (Å²) in [4.78, 5) is 27.6. The number of ketones is 1. The monoisotopic (exact) mass is 498 g/mol. The standard InChI is InChI=1S/C25H23FN2O4S2/c1-18(29)19-4-10-23(11-5-19)34(31,32)28-16-14-27(15-17-28)25(30)13-9-22-8-12-24(33-22)20-2-6-21(26)7-3-20/h2-13H,14-17H2,1H3/b13-9+. The van der Waals surface area contributed by atoms with Gasteiger partial charge in [-0.15, -0.1) is 11.3 Å². The molecule has 0 bridgehead atoms. The molecule has 1 aliphatic rings. The average molecular weight is 499 g/mol. The highest BCUT2D eigenvalue weighted by molar-refractivity contribution is 7.89. The molecule has 2 heterocycles. The van der Waals surface area contributed by atoms with Crippen LogP contribution in [0.5, 0.6) is 0 Å². The van der Waals surface area contributed by atoms with Crippen LogP contribution in [-0.4, -0.2) is 55.5 Å². The number of amides is 1. The van der Waals surface area contributed by atoms with Crippen LogP contribution in [-0.2, 0) is 14.8 Å². The van der Waals surface area contributed by atoms with Crippen LogP contribution in [0.4, 0.5) is 4.39 Å². The second-order valence-corrected chi connectivity index (χ2v) is 10.9. The predicted molar refractivity (Wildman–Crippen MR) is 131 cm³/mol. The van der Waals surface area contributed by atoms with E-state index in [0.717, 1.165) is 15.3 Å². The maximum atomic E-state index is 13.1. The van der Waals surface area contributed by atoms with Crippen LogP contribution in [0.25, 0.3) is 16.5 Å².